The average molecular weight is 578 g/mol. The quantitative estimate of drug-likeness (QED) is 0.209. The largest absolute Gasteiger partial charge is 0.456 e. The zero-order valence-electron chi connectivity index (χ0n) is 24.6. The van der Waals surface area contributed by atoms with E-state index in [4.69, 9.17) is 14.4 Å². The van der Waals surface area contributed by atoms with E-state index in [1.807, 2.05) is 48.5 Å². The first-order valence-electron chi connectivity index (χ1n) is 15.2. The minimum absolute atomic E-state index is 0.697. The van der Waals surface area contributed by atoms with Crippen molar-refractivity contribution < 1.29 is 4.42 Å². The van der Waals surface area contributed by atoms with Crippen LogP contribution in [0.5, 0.6) is 0 Å². The van der Waals surface area contributed by atoms with E-state index in [9.17, 15) is 0 Å². The number of fused-ring (bicyclic) bond motifs is 7. The SMILES string of the molecule is Cc1ccc2c(c1)c1ccc3oc4ccccc4c3c1n2-c1ccc(-c2nc(-c3ccccc3)cc(-c3ccccc3)n2)cc1. The third-order valence-corrected chi connectivity index (χ3v) is 8.67. The molecule has 4 heteroatoms. The third kappa shape index (κ3) is 4.15. The van der Waals surface area contributed by atoms with Crippen LogP contribution < -0.4 is 0 Å². The van der Waals surface area contributed by atoms with E-state index in [2.05, 4.69) is 109 Å². The number of hydrogen-bond acceptors (Lipinski definition) is 3. The maximum Gasteiger partial charge on any atom is 0.160 e. The lowest BCUT2D eigenvalue weighted by molar-refractivity contribution is 0.669. The fourth-order valence-corrected chi connectivity index (χ4v) is 6.55. The summed E-state index contributed by atoms with van der Waals surface area (Å²) in [4.78, 5) is 10.1. The molecule has 3 aromatic heterocycles. The van der Waals surface area contributed by atoms with Crippen LogP contribution in [0, 0.1) is 6.92 Å². The van der Waals surface area contributed by atoms with Gasteiger partial charge in [-0.25, -0.2) is 9.97 Å². The van der Waals surface area contributed by atoms with Crippen molar-refractivity contribution in [3.8, 4) is 39.6 Å². The van der Waals surface area contributed by atoms with E-state index in [0.29, 0.717) is 5.82 Å². The van der Waals surface area contributed by atoms with Crippen molar-refractivity contribution in [2.45, 2.75) is 6.92 Å². The summed E-state index contributed by atoms with van der Waals surface area (Å²) in [5.74, 6) is 0.697. The number of para-hydroxylation sites is 1. The van der Waals surface area contributed by atoms with Crippen LogP contribution in [0.4, 0.5) is 0 Å². The first-order chi connectivity index (χ1) is 22.2. The Bertz CT molecular complexity index is 2470. The Hall–Kier alpha value is -6.00. The maximum atomic E-state index is 6.31. The maximum absolute atomic E-state index is 6.31. The highest BCUT2D eigenvalue weighted by atomic mass is 16.3. The molecule has 0 aliphatic rings. The van der Waals surface area contributed by atoms with Crippen LogP contribution in [0.25, 0.3) is 83.3 Å². The molecule has 0 saturated heterocycles. The number of aromatic nitrogens is 3. The van der Waals surface area contributed by atoms with Gasteiger partial charge in [-0.05, 0) is 67.6 Å². The molecule has 0 amide bonds. The first-order valence-corrected chi connectivity index (χ1v) is 15.2. The standard InChI is InChI=1S/C41H27N3O/c1-26-16-22-36-33(24-26)31-21-23-38-39(32-14-8-9-15-37(32)45-38)40(31)44(36)30-19-17-29(18-20-30)41-42-34(27-10-4-2-5-11-27)25-35(43-41)28-12-6-3-7-13-28/h2-25H,1H3. The fraction of sp³-hybridized carbons (Fsp3) is 0.0244. The molecule has 0 aliphatic carbocycles. The van der Waals surface area contributed by atoms with E-state index in [1.54, 1.807) is 0 Å². The molecule has 0 radical (unpaired) electrons. The van der Waals surface area contributed by atoms with E-state index in [-0.39, 0.29) is 0 Å². The smallest absolute Gasteiger partial charge is 0.160 e. The number of rotatable bonds is 4. The van der Waals surface area contributed by atoms with Gasteiger partial charge in [-0.2, -0.15) is 0 Å². The second kappa shape index (κ2) is 10.0. The molecule has 0 spiro atoms. The minimum Gasteiger partial charge on any atom is -0.456 e. The van der Waals surface area contributed by atoms with Crippen molar-refractivity contribution in [3.63, 3.8) is 0 Å². The van der Waals surface area contributed by atoms with Crippen molar-refractivity contribution in [1.29, 1.82) is 0 Å². The summed E-state index contributed by atoms with van der Waals surface area (Å²) in [5, 5.41) is 4.69. The summed E-state index contributed by atoms with van der Waals surface area (Å²) in [7, 11) is 0. The van der Waals surface area contributed by atoms with Crippen LogP contribution in [0.15, 0.2) is 150 Å². The summed E-state index contributed by atoms with van der Waals surface area (Å²) < 4.78 is 8.68. The second-order valence-corrected chi connectivity index (χ2v) is 11.5. The average Bonchev–Trinajstić information content (AvgIpc) is 3.64. The number of hydrogen-bond donors (Lipinski definition) is 0. The molecule has 0 N–H and O–H groups in total. The van der Waals surface area contributed by atoms with Crippen LogP contribution in [0.3, 0.4) is 0 Å². The van der Waals surface area contributed by atoms with E-state index < -0.39 is 0 Å². The van der Waals surface area contributed by atoms with Gasteiger partial charge in [0.2, 0.25) is 0 Å². The van der Waals surface area contributed by atoms with Crippen molar-refractivity contribution in [3.05, 3.63) is 151 Å². The van der Waals surface area contributed by atoms with E-state index >= 15 is 0 Å². The predicted octanol–water partition coefficient (Wildman–Crippen LogP) is 10.8. The Morgan fingerprint density at radius 1 is 0.511 bits per heavy atom. The molecule has 0 atom stereocenters. The molecular formula is C41H27N3O. The number of nitrogens with zero attached hydrogens (tertiary/aromatic N) is 3. The molecule has 6 aromatic carbocycles. The molecule has 0 bridgehead atoms. The second-order valence-electron chi connectivity index (χ2n) is 11.5. The zero-order chi connectivity index (χ0) is 29.9. The molecule has 9 rings (SSSR count). The van der Waals surface area contributed by atoms with Gasteiger partial charge < -0.3 is 8.98 Å². The number of benzene rings is 6. The van der Waals surface area contributed by atoms with Crippen LogP contribution in [0.1, 0.15) is 5.56 Å². The molecule has 4 nitrogen and oxygen atoms in total. The van der Waals surface area contributed by atoms with E-state index in [1.165, 1.54) is 16.3 Å². The van der Waals surface area contributed by atoms with Gasteiger partial charge in [-0.15, -0.1) is 0 Å². The normalized spacial score (nSPS) is 11.7. The third-order valence-electron chi connectivity index (χ3n) is 8.67. The minimum atomic E-state index is 0.697. The van der Waals surface area contributed by atoms with Crippen molar-refractivity contribution in [2.24, 2.45) is 0 Å². The molecule has 0 saturated carbocycles. The molecular weight excluding hydrogens is 550 g/mol. The predicted molar refractivity (Wildman–Crippen MR) is 185 cm³/mol. The summed E-state index contributed by atoms with van der Waals surface area (Å²) in [5.41, 5.74) is 11.3. The monoisotopic (exact) mass is 577 g/mol. The fourth-order valence-electron chi connectivity index (χ4n) is 6.55. The lowest BCUT2D eigenvalue weighted by Crippen LogP contribution is -1.97. The van der Waals surface area contributed by atoms with Gasteiger partial charge in [0.15, 0.2) is 5.82 Å². The Morgan fingerprint density at radius 3 is 1.89 bits per heavy atom. The Labute approximate surface area is 259 Å². The molecule has 3 heterocycles. The van der Waals surface area contributed by atoms with Crippen LogP contribution in [0.2, 0.25) is 0 Å². The van der Waals surface area contributed by atoms with Gasteiger partial charge in [0.1, 0.15) is 11.2 Å². The van der Waals surface area contributed by atoms with Gasteiger partial charge in [0.25, 0.3) is 0 Å². The summed E-state index contributed by atoms with van der Waals surface area (Å²) in [6.45, 7) is 2.15. The highest BCUT2D eigenvalue weighted by Crippen LogP contribution is 2.41. The van der Waals surface area contributed by atoms with Gasteiger partial charge in [-0.1, -0.05) is 90.5 Å². The number of aryl methyl sites for hydroxylation is 1. The van der Waals surface area contributed by atoms with Crippen molar-refractivity contribution in [1.82, 2.24) is 14.5 Å². The summed E-state index contributed by atoms with van der Waals surface area (Å²) in [6, 6.07) is 50.6. The van der Waals surface area contributed by atoms with Gasteiger partial charge in [0, 0.05) is 38.5 Å². The lowest BCUT2D eigenvalue weighted by Gasteiger charge is -2.12. The highest BCUT2D eigenvalue weighted by Gasteiger charge is 2.19. The van der Waals surface area contributed by atoms with Crippen LogP contribution in [-0.4, -0.2) is 14.5 Å². The Kier molecular flexibility index (Phi) is 5.69. The molecule has 9 aromatic rings. The highest BCUT2D eigenvalue weighted by molar-refractivity contribution is 6.24. The van der Waals surface area contributed by atoms with E-state index in [0.717, 1.165) is 66.7 Å². The van der Waals surface area contributed by atoms with Gasteiger partial charge in [-0.3, -0.25) is 0 Å². The Morgan fingerprint density at radius 2 is 1.18 bits per heavy atom. The van der Waals surface area contributed by atoms with Gasteiger partial charge >= 0.3 is 0 Å². The van der Waals surface area contributed by atoms with Crippen molar-refractivity contribution in [2.75, 3.05) is 0 Å². The number of furan rings is 1. The molecule has 0 aliphatic heterocycles. The molecule has 0 fully saturated rings. The summed E-state index contributed by atoms with van der Waals surface area (Å²) in [6.07, 6.45) is 0. The molecule has 212 valence electrons. The first kappa shape index (κ1) is 25.5. The Balaban J connectivity index is 1.25. The van der Waals surface area contributed by atoms with Crippen LogP contribution in [-0.2, 0) is 0 Å². The topological polar surface area (TPSA) is 43.9 Å². The van der Waals surface area contributed by atoms with Gasteiger partial charge in [0.05, 0.1) is 27.8 Å². The summed E-state index contributed by atoms with van der Waals surface area (Å²) >= 11 is 0. The van der Waals surface area contributed by atoms with Crippen LogP contribution >= 0.6 is 0 Å². The zero-order valence-corrected chi connectivity index (χ0v) is 24.6. The molecule has 45 heavy (non-hydrogen) atoms. The molecule has 0 unspecified atom stereocenters. The lowest BCUT2D eigenvalue weighted by atomic mass is 10.1. The van der Waals surface area contributed by atoms with Crippen molar-refractivity contribution >= 4 is 43.7 Å².